The van der Waals surface area contributed by atoms with Crippen LogP contribution in [0, 0.1) is 0 Å². The summed E-state index contributed by atoms with van der Waals surface area (Å²) >= 11 is 6.38. The maximum absolute atomic E-state index is 13.0. The number of hydrogen-bond acceptors (Lipinski definition) is 6. The van der Waals surface area contributed by atoms with Gasteiger partial charge in [0.05, 0.1) is 11.3 Å². The third kappa shape index (κ3) is 5.28. The minimum atomic E-state index is -3.73. The smallest absolute Gasteiger partial charge is 0.276 e. The summed E-state index contributed by atoms with van der Waals surface area (Å²) in [5.41, 5.74) is 3.82. The van der Waals surface area contributed by atoms with E-state index in [1.54, 1.807) is 37.4 Å². The van der Waals surface area contributed by atoms with Gasteiger partial charge < -0.3 is 5.32 Å². The number of nitrogens with one attached hydrogen (secondary N) is 2. The molecule has 0 radical (unpaired) electrons. The number of benzene rings is 1. The Morgan fingerprint density at radius 2 is 2.10 bits per heavy atom. The van der Waals surface area contributed by atoms with Gasteiger partial charge in [0.25, 0.3) is 5.91 Å². The molecule has 30 heavy (non-hydrogen) atoms. The van der Waals surface area contributed by atoms with Gasteiger partial charge in [-0.1, -0.05) is 24.6 Å². The molecule has 3 rings (SSSR count). The van der Waals surface area contributed by atoms with Crippen molar-refractivity contribution in [2.24, 2.45) is 0 Å². The molecule has 1 aliphatic rings. The molecule has 2 aromatic rings. The molecule has 1 aromatic carbocycles. The number of hydroxylamine groups is 1. The average molecular weight is 453 g/mol. The van der Waals surface area contributed by atoms with E-state index in [1.165, 1.54) is 24.5 Å². The first-order valence-corrected chi connectivity index (χ1v) is 11.4. The van der Waals surface area contributed by atoms with E-state index in [0.717, 1.165) is 18.4 Å². The van der Waals surface area contributed by atoms with Gasteiger partial charge in [-0.15, -0.1) is 0 Å². The SMILES string of the molecule is CCN(C)S(=O)(=O)c1cc(C2CC2)ccc1NC(C)(Cl)ONC(=O)c1cccnc1. The lowest BCUT2D eigenvalue weighted by atomic mass is 10.1. The number of hydrogen-bond donors (Lipinski definition) is 2. The molecule has 2 N–H and O–H groups in total. The summed E-state index contributed by atoms with van der Waals surface area (Å²) in [7, 11) is -2.21. The molecule has 1 heterocycles. The van der Waals surface area contributed by atoms with Gasteiger partial charge in [-0.3, -0.25) is 9.78 Å². The molecule has 1 atom stereocenters. The van der Waals surface area contributed by atoms with Gasteiger partial charge in [-0.25, -0.2) is 23.0 Å². The highest BCUT2D eigenvalue weighted by Gasteiger charge is 2.31. The van der Waals surface area contributed by atoms with E-state index in [9.17, 15) is 13.2 Å². The molecule has 1 aromatic heterocycles. The lowest BCUT2D eigenvalue weighted by Gasteiger charge is -2.27. The van der Waals surface area contributed by atoms with E-state index in [2.05, 4.69) is 15.8 Å². The van der Waals surface area contributed by atoms with Crippen molar-refractivity contribution in [2.45, 2.75) is 42.7 Å². The molecule has 0 saturated heterocycles. The first-order chi connectivity index (χ1) is 14.1. The van der Waals surface area contributed by atoms with Crippen molar-refractivity contribution in [2.75, 3.05) is 18.9 Å². The number of alkyl halides is 1. The summed E-state index contributed by atoms with van der Waals surface area (Å²) in [4.78, 5) is 21.5. The largest absolute Gasteiger partial charge is 0.342 e. The van der Waals surface area contributed by atoms with Crippen molar-refractivity contribution in [1.82, 2.24) is 14.8 Å². The maximum Gasteiger partial charge on any atom is 0.276 e. The fourth-order valence-electron chi connectivity index (χ4n) is 2.83. The summed E-state index contributed by atoms with van der Waals surface area (Å²) in [6.07, 6.45) is 5.03. The predicted molar refractivity (Wildman–Crippen MR) is 115 cm³/mol. The van der Waals surface area contributed by atoms with Crippen LogP contribution in [0.25, 0.3) is 0 Å². The number of nitrogens with zero attached hydrogens (tertiary/aromatic N) is 2. The minimum absolute atomic E-state index is 0.116. The van der Waals surface area contributed by atoms with Crippen molar-refractivity contribution in [3.05, 3.63) is 53.9 Å². The molecule has 0 spiro atoms. The summed E-state index contributed by atoms with van der Waals surface area (Å²) in [6, 6.07) is 8.44. The molecular formula is C20H25ClN4O4S. The third-order valence-electron chi connectivity index (χ3n) is 4.81. The monoisotopic (exact) mass is 452 g/mol. The Morgan fingerprint density at radius 1 is 1.37 bits per heavy atom. The van der Waals surface area contributed by atoms with Gasteiger partial charge in [-0.2, -0.15) is 0 Å². The Balaban J connectivity index is 1.81. The van der Waals surface area contributed by atoms with E-state index >= 15 is 0 Å². The Morgan fingerprint density at radius 3 is 2.70 bits per heavy atom. The van der Waals surface area contributed by atoms with Gasteiger partial charge in [-0.05, 0) is 48.6 Å². The fraction of sp³-hybridized carbons (Fsp3) is 0.400. The zero-order valence-electron chi connectivity index (χ0n) is 17.1. The fourth-order valence-corrected chi connectivity index (χ4v) is 4.33. The number of aromatic nitrogens is 1. The van der Waals surface area contributed by atoms with E-state index in [1.807, 2.05) is 6.07 Å². The van der Waals surface area contributed by atoms with Gasteiger partial charge in [0, 0.05) is 32.9 Å². The van der Waals surface area contributed by atoms with Gasteiger partial charge >= 0.3 is 0 Å². The highest BCUT2D eigenvalue weighted by molar-refractivity contribution is 7.89. The molecule has 10 heteroatoms. The van der Waals surface area contributed by atoms with E-state index in [-0.39, 0.29) is 10.6 Å². The first-order valence-electron chi connectivity index (χ1n) is 9.60. The van der Waals surface area contributed by atoms with E-state index in [4.69, 9.17) is 16.4 Å². The standard InChI is InChI=1S/C20H25ClN4O4S/c1-4-25(3)30(27,28)18-12-15(14-7-8-14)9-10-17(18)23-20(2,21)29-24-19(26)16-6-5-11-22-13-16/h5-6,9-14,23H,4,7-8H2,1-3H3,(H,24,26). The Kier molecular flexibility index (Phi) is 6.66. The number of pyridine rings is 1. The zero-order chi connectivity index (χ0) is 21.9. The quantitative estimate of drug-likeness (QED) is 0.262. The molecule has 1 aliphatic carbocycles. The minimum Gasteiger partial charge on any atom is -0.342 e. The lowest BCUT2D eigenvalue weighted by Crippen LogP contribution is -2.40. The van der Waals surface area contributed by atoms with Gasteiger partial charge in [0.1, 0.15) is 4.90 Å². The normalized spacial score (nSPS) is 16.2. The molecule has 8 nitrogen and oxygen atoms in total. The van der Waals surface area contributed by atoms with Crippen molar-refractivity contribution in [3.8, 4) is 0 Å². The Hall–Kier alpha value is -2.20. The van der Waals surface area contributed by atoms with Crippen molar-refractivity contribution < 1.29 is 18.0 Å². The molecular weight excluding hydrogens is 428 g/mol. The average Bonchev–Trinajstić information content (AvgIpc) is 3.57. The van der Waals surface area contributed by atoms with E-state index < -0.39 is 21.1 Å². The number of carbonyl (C=O) groups excluding carboxylic acids is 1. The number of rotatable bonds is 9. The van der Waals surface area contributed by atoms with Crippen LogP contribution in [0.4, 0.5) is 5.69 Å². The second-order valence-corrected chi connectivity index (χ2v) is 10.0. The van der Waals surface area contributed by atoms with Crippen LogP contribution in [-0.4, -0.2) is 42.4 Å². The Labute approximate surface area is 181 Å². The molecule has 1 fully saturated rings. The number of carbonyl (C=O) groups is 1. The highest BCUT2D eigenvalue weighted by Crippen LogP contribution is 2.42. The summed E-state index contributed by atoms with van der Waals surface area (Å²) in [5.74, 6) is -0.142. The topological polar surface area (TPSA) is 101 Å². The first kappa shape index (κ1) is 22.5. The van der Waals surface area contributed by atoms with Crippen molar-refractivity contribution in [1.29, 1.82) is 0 Å². The van der Waals surface area contributed by atoms with Gasteiger partial charge in [0.2, 0.25) is 15.2 Å². The number of amides is 1. The lowest BCUT2D eigenvalue weighted by molar-refractivity contribution is -0.0176. The van der Waals surface area contributed by atoms with Crippen LogP contribution in [0.5, 0.6) is 0 Å². The van der Waals surface area contributed by atoms with Crippen LogP contribution in [0.3, 0.4) is 0 Å². The number of halogens is 1. The van der Waals surface area contributed by atoms with Gasteiger partial charge in [0.15, 0.2) is 0 Å². The maximum atomic E-state index is 13.0. The van der Waals surface area contributed by atoms with Crippen LogP contribution in [0.2, 0.25) is 0 Å². The van der Waals surface area contributed by atoms with E-state index in [0.29, 0.717) is 18.0 Å². The predicted octanol–water partition coefficient (Wildman–Crippen LogP) is 3.29. The summed E-state index contributed by atoms with van der Waals surface area (Å²) < 4.78 is 27.3. The number of sulfonamides is 1. The third-order valence-corrected chi connectivity index (χ3v) is 6.95. The van der Waals surface area contributed by atoms with Crippen LogP contribution in [-0.2, 0) is 14.9 Å². The van der Waals surface area contributed by atoms with Crippen LogP contribution >= 0.6 is 11.6 Å². The van der Waals surface area contributed by atoms with Crippen LogP contribution in [0.1, 0.15) is 48.5 Å². The summed E-state index contributed by atoms with van der Waals surface area (Å²) in [5, 5.41) is 1.27. The molecule has 162 valence electrons. The molecule has 0 aliphatic heterocycles. The second kappa shape index (κ2) is 8.89. The molecule has 1 saturated carbocycles. The Bertz CT molecular complexity index is 1010. The van der Waals surface area contributed by atoms with Crippen molar-refractivity contribution in [3.63, 3.8) is 0 Å². The molecule has 1 amide bonds. The number of anilines is 1. The second-order valence-electron chi connectivity index (χ2n) is 7.27. The van der Waals surface area contributed by atoms with Crippen molar-refractivity contribution >= 4 is 33.2 Å². The zero-order valence-corrected chi connectivity index (χ0v) is 18.6. The van der Waals surface area contributed by atoms with Crippen LogP contribution in [0.15, 0.2) is 47.6 Å². The molecule has 0 bridgehead atoms. The summed E-state index contributed by atoms with van der Waals surface area (Å²) in [6.45, 7) is 3.55. The molecule has 1 unspecified atom stereocenters. The van der Waals surface area contributed by atoms with Crippen LogP contribution < -0.4 is 10.8 Å². The highest BCUT2D eigenvalue weighted by atomic mass is 35.5.